The standard InChI is InChI=1S/C38H26O2/c39-37(28-10-4-1-5-11-28)29-18-16-27(17-19-29)30-20-22-34-31(26-30)21-23-36-35(34)24-25-38(40-36,32-12-6-2-7-13-32)33-14-8-3-9-15-33/h1-26H. The maximum Gasteiger partial charge on any atom is 0.193 e. The third-order valence-corrected chi connectivity index (χ3v) is 7.70. The van der Waals surface area contributed by atoms with Gasteiger partial charge in [0.15, 0.2) is 11.4 Å². The minimum absolute atomic E-state index is 0.0335. The van der Waals surface area contributed by atoms with Crippen LogP contribution in [0.2, 0.25) is 0 Å². The van der Waals surface area contributed by atoms with E-state index in [1.165, 1.54) is 0 Å². The molecule has 0 amide bonds. The van der Waals surface area contributed by atoms with E-state index in [-0.39, 0.29) is 5.78 Å². The topological polar surface area (TPSA) is 26.3 Å². The molecule has 0 unspecified atom stereocenters. The molecule has 0 N–H and O–H groups in total. The first-order chi connectivity index (χ1) is 19.7. The van der Waals surface area contributed by atoms with E-state index in [4.69, 9.17) is 4.74 Å². The molecule has 0 atom stereocenters. The van der Waals surface area contributed by atoms with Gasteiger partial charge in [0.25, 0.3) is 0 Å². The van der Waals surface area contributed by atoms with Crippen LogP contribution < -0.4 is 4.74 Å². The number of hydrogen-bond donors (Lipinski definition) is 0. The molecule has 1 aliphatic rings. The zero-order valence-electron chi connectivity index (χ0n) is 21.8. The average molecular weight is 515 g/mol. The molecule has 0 radical (unpaired) electrons. The van der Waals surface area contributed by atoms with Gasteiger partial charge in [-0.05, 0) is 46.2 Å². The molecule has 1 heterocycles. The van der Waals surface area contributed by atoms with Gasteiger partial charge < -0.3 is 4.74 Å². The molecule has 190 valence electrons. The first kappa shape index (κ1) is 23.9. The fourth-order valence-corrected chi connectivity index (χ4v) is 5.60. The first-order valence-corrected chi connectivity index (χ1v) is 13.5. The summed E-state index contributed by atoms with van der Waals surface area (Å²) in [5, 5.41) is 2.28. The van der Waals surface area contributed by atoms with Crippen molar-refractivity contribution in [2.45, 2.75) is 5.60 Å². The third kappa shape index (κ3) is 4.11. The predicted octanol–water partition coefficient (Wildman–Crippen LogP) is 9.09. The molecule has 0 fully saturated rings. The highest BCUT2D eigenvalue weighted by molar-refractivity contribution is 6.09. The normalized spacial score (nSPS) is 13.4. The third-order valence-electron chi connectivity index (χ3n) is 7.70. The molecule has 2 nitrogen and oxygen atoms in total. The van der Waals surface area contributed by atoms with Gasteiger partial charge in [0.1, 0.15) is 5.75 Å². The molecule has 0 saturated carbocycles. The van der Waals surface area contributed by atoms with Crippen molar-refractivity contribution in [1.82, 2.24) is 0 Å². The number of fused-ring (bicyclic) bond motifs is 3. The Balaban J connectivity index is 1.23. The summed E-state index contributed by atoms with van der Waals surface area (Å²) < 4.78 is 6.87. The summed E-state index contributed by atoms with van der Waals surface area (Å²) in [6.45, 7) is 0. The number of benzene rings is 6. The highest BCUT2D eigenvalue weighted by Crippen LogP contribution is 2.44. The predicted molar refractivity (Wildman–Crippen MR) is 163 cm³/mol. The molecule has 0 saturated heterocycles. The molecule has 40 heavy (non-hydrogen) atoms. The highest BCUT2D eigenvalue weighted by atomic mass is 16.5. The fourth-order valence-electron chi connectivity index (χ4n) is 5.60. The number of carbonyl (C=O) groups is 1. The van der Waals surface area contributed by atoms with Gasteiger partial charge in [-0.25, -0.2) is 0 Å². The second-order valence-electron chi connectivity index (χ2n) is 10.1. The van der Waals surface area contributed by atoms with Crippen LogP contribution >= 0.6 is 0 Å². The maximum absolute atomic E-state index is 12.8. The average Bonchev–Trinajstić information content (AvgIpc) is 3.05. The number of carbonyl (C=O) groups excluding carboxylic acids is 1. The van der Waals surface area contributed by atoms with Crippen molar-refractivity contribution in [2.24, 2.45) is 0 Å². The van der Waals surface area contributed by atoms with Crippen LogP contribution in [-0.4, -0.2) is 5.78 Å². The molecule has 0 aromatic heterocycles. The Hall–Kier alpha value is -5.21. The smallest absolute Gasteiger partial charge is 0.193 e. The van der Waals surface area contributed by atoms with Crippen molar-refractivity contribution in [1.29, 1.82) is 0 Å². The molecule has 0 bridgehead atoms. The summed E-state index contributed by atoms with van der Waals surface area (Å²) >= 11 is 0. The maximum atomic E-state index is 12.8. The summed E-state index contributed by atoms with van der Waals surface area (Å²) in [5.41, 5.74) is 6.13. The molecule has 7 rings (SSSR count). The quantitative estimate of drug-likeness (QED) is 0.215. The largest absolute Gasteiger partial charge is 0.473 e. The van der Waals surface area contributed by atoms with E-state index in [9.17, 15) is 4.79 Å². The van der Waals surface area contributed by atoms with Gasteiger partial charge in [-0.1, -0.05) is 133 Å². The van der Waals surface area contributed by atoms with Gasteiger partial charge in [0, 0.05) is 27.8 Å². The van der Waals surface area contributed by atoms with Crippen LogP contribution in [-0.2, 0) is 5.60 Å². The van der Waals surface area contributed by atoms with Crippen LogP contribution in [0, 0.1) is 0 Å². The molecule has 1 aliphatic heterocycles. The van der Waals surface area contributed by atoms with Gasteiger partial charge in [0.2, 0.25) is 0 Å². The van der Waals surface area contributed by atoms with Crippen molar-refractivity contribution in [3.8, 4) is 16.9 Å². The van der Waals surface area contributed by atoms with Crippen LogP contribution in [0.1, 0.15) is 32.6 Å². The van der Waals surface area contributed by atoms with Crippen molar-refractivity contribution in [3.05, 3.63) is 179 Å². The van der Waals surface area contributed by atoms with E-state index in [0.717, 1.165) is 44.3 Å². The summed E-state index contributed by atoms with van der Waals surface area (Å²) in [4.78, 5) is 12.8. The molecule has 6 aromatic rings. The minimum atomic E-state index is -0.692. The lowest BCUT2D eigenvalue weighted by molar-refractivity contribution is 0.103. The van der Waals surface area contributed by atoms with Crippen LogP contribution in [0.25, 0.3) is 28.0 Å². The fraction of sp³-hybridized carbons (Fsp3) is 0.0263. The first-order valence-electron chi connectivity index (χ1n) is 13.5. The van der Waals surface area contributed by atoms with Gasteiger partial charge in [-0.2, -0.15) is 0 Å². The van der Waals surface area contributed by atoms with Gasteiger partial charge in [0.05, 0.1) is 0 Å². The second-order valence-corrected chi connectivity index (χ2v) is 10.1. The molecular formula is C38H26O2. The Morgan fingerprint density at radius 2 is 1.12 bits per heavy atom. The Morgan fingerprint density at radius 3 is 1.77 bits per heavy atom. The van der Waals surface area contributed by atoms with E-state index in [1.54, 1.807) is 0 Å². The van der Waals surface area contributed by atoms with E-state index in [0.29, 0.717) is 11.1 Å². The van der Waals surface area contributed by atoms with Crippen LogP contribution in [0.5, 0.6) is 5.75 Å². The lowest BCUT2D eigenvalue weighted by Crippen LogP contribution is -2.34. The van der Waals surface area contributed by atoms with Crippen molar-refractivity contribution in [3.63, 3.8) is 0 Å². The zero-order chi connectivity index (χ0) is 26.9. The number of rotatable bonds is 5. The van der Waals surface area contributed by atoms with E-state index >= 15 is 0 Å². The molecule has 0 spiro atoms. The van der Waals surface area contributed by atoms with E-state index in [1.807, 2.05) is 66.7 Å². The van der Waals surface area contributed by atoms with Gasteiger partial charge >= 0.3 is 0 Å². The number of ether oxygens (including phenoxy) is 1. The zero-order valence-corrected chi connectivity index (χ0v) is 21.8. The van der Waals surface area contributed by atoms with Crippen molar-refractivity contribution in [2.75, 3.05) is 0 Å². The molecule has 2 heteroatoms. The summed E-state index contributed by atoms with van der Waals surface area (Å²) in [5.74, 6) is 0.894. The van der Waals surface area contributed by atoms with Crippen molar-refractivity contribution < 1.29 is 9.53 Å². The lowest BCUT2D eigenvalue weighted by atomic mass is 9.83. The number of hydrogen-bond acceptors (Lipinski definition) is 2. The lowest BCUT2D eigenvalue weighted by Gasteiger charge is -2.36. The molecule has 0 aliphatic carbocycles. The summed E-state index contributed by atoms with van der Waals surface area (Å²) in [6, 6.07) is 48.7. The van der Waals surface area contributed by atoms with Crippen LogP contribution in [0.4, 0.5) is 0 Å². The Labute approximate surface area is 233 Å². The SMILES string of the molecule is O=C(c1ccccc1)c1ccc(-c2ccc3c4c(ccc3c2)OC(c2ccccc2)(c2ccccc2)C=C4)cc1. The van der Waals surface area contributed by atoms with E-state index < -0.39 is 5.60 Å². The van der Waals surface area contributed by atoms with Gasteiger partial charge in [-0.15, -0.1) is 0 Å². The van der Waals surface area contributed by atoms with Crippen LogP contribution in [0.15, 0.2) is 152 Å². The summed E-state index contributed by atoms with van der Waals surface area (Å²) in [6.07, 6.45) is 4.38. The number of ketones is 1. The molecule has 6 aromatic carbocycles. The minimum Gasteiger partial charge on any atom is -0.473 e. The van der Waals surface area contributed by atoms with Crippen LogP contribution in [0.3, 0.4) is 0 Å². The summed E-state index contributed by atoms with van der Waals surface area (Å²) in [7, 11) is 0. The monoisotopic (exact) mass is 514 g/mol. The highest BCUT2D eigenvalue weighted by Gasteiger charge is 2.37. The van der Waals surface area contributed by atoms with Crippen molar-refractivity contribution >= 4 is 22.6 Å². The van der Waals surface area contributed by atoms with E-state index in [2.05, 4.69) is 91.0 Å². The van der Waals surface area contributed by atoms with Gasteiger partial charge in [-0.3, -0.25) is 4.79 Å². The Kier molecular flexibility index (Phi) is 5.87. The Bertz CT molecular complexity index is 1810. The second kappa shape index (κ2) is 9.83. The molecular weight excluding hydrogens is 488 g/mol. The Morgan fingerprint density at radius 1 is 0.550 bits per heavy atom.